The molecule has 174 valence electrons. The van der Waals surface area contributed by atoms with Crippen LogP contribution >= 0.6 is 11.8 Å². The van der Waals surface area contributed by atoms with Gasteiger partial charge in [0.2, 0.25) is 5.91 Å². The molecule has 2 amide bonds. The number of aryl methyl sites for hydroxylation is 1. The van der Waals surface area contributed by atoms with Crippen LogP contribution in [0.5, 0.6) is 5.75 Å². The van der Waals surface area contributed by atoms with E-state index >= 15 is 0 Å². The zero-order valence-corrected chi connectivity index (χ0v) is 19.9. The van der Waals surface area contributed by atoms with Gasteiger partial charge in [-0.3, -0.25) is 9.59 Å². The SMILES string of the molecule is CCc1ccc(O[C@@H](C)C(=O)NCc2nnc(SCC(=O)NC3CCCCC3)n2C)cc1. The Morgan fingerprint density at radius 2 is 1.91 bits per heavy atom. The summed E-state index contributed by atoms with van der Waals surface area (Å²) < 4.78 is 7.52. The van der Waals surface area contributed by atoms with E-state index < -0.39 is 6.10 Å². The van der Waals surface area contributed by atoms with E-state index in [4.69, 9.17) is 4.74 Å². The lowest BCUT2D eigenvalue weighted by atomic mass is 9.95. The topological polar surface area (TPSA) is 98.1 Å². The standard InChI is InChI=1S/C23H33N5O3S/c1-4-17-10-12-19(13-11-17)31-16(2)22(30)24-14-20-26-27-23(28(20)3)32-15-21(29)25-18-8-6-5-7-9-18/h10-13,16,18H,4-9,14-15H2,1-3H3,(H,24,30)(H,25,29)/t16-/m0/s1. The number of benzene rings is 1. The van der Waals surface area contributed by atoms with E-state index in [1.165, 1.54) is 36.6 Å². The summed E-state index contributed by atoms with van der Waals surface area (Å²) in [6, 6.07) is 8.04. The van der Waals surface area contributed by atoms with Crippen LogP contribution in [0.4, 0.5) is 0 Å². The van der Waals surface area contributed by atoms with E-state index in [1.54, 1.807) is 11.5 Å². The molecule has 0 spiro atoms. The van der Waals surface area contributed by atoms with Gasteiger partial charge in [0, 0.05) is 13.1 Å². The van der Waals surface area contributed by atoms with Crippen LogP contribution in [0.15, 0.2) is 29.4 Å². The van der Waals surface area contributed by atoms with Crippen molar-refractivity contribution in [1.29, 1.82) is 0 Å². The smallest absolute Gasteiger partial charge is 0.261 e. The highest BCUT2D eigenvalue weighted by molar-refractivity contribution is 7.99. The van der Waals surface area contributed by atoms with Crippen molar-refractivity contribution in [3.05, 3.63) is 35.7 Å². The van der Waals surface area contributed by atoms with Crippen LogP contribution in [0.25, 0.3) is 0 Å². The molecule has 1 heterocycles. The maximum atomic E-state index is 12.4. The molecule has 1 saturated carbocycles. The first-order valence-corrected chi connectivity index (χ1v) is 12.3. The van der Waals surface area contributed by atoms with E-state index in [1.807, 2.05) is 31.3 Å². The summed E-state index contributed by atoms with van der Waals surface area (Å²) in [4.78, 5) is 24.6. The van der Waals surface area contributed by atoms with Gasteiger partial charge in [-0.15, -0.1) is 10.2 Å². The van der Waals surface area contributed by atoms with Gasteiger partial charge in [-0.2, -0.15) is 0 Å². The van der Waals surface area contributed by atoms with E-state index in [2.05, 4.69) is 27.8 Å². The van der Waals surface area contributed by atoms with Crippen LogP contribution in [0.1, 0.15) is 57.3 Å². The summed E-state index contributed by atoms with van der Waals surface area (Å²) in [6.07, 6.45) is 6.09. The van der Waals surface area contributed by atoms with Crippen molar-refractivity contribution in [1.82, 2.24) is 25.4 Å². The zero-order valence-electron chi connectivity index (χ0n) is 19.1. The highest BCUT2D eigenvalue weighted by Gasteiger charge is 2.18. The van der Waals surface area contributed by atoms with Gasteiger partial charge in [0.1, 0.15) is 5.75 Å². The minimum absolute atomic E-state index is 0.0256. The lowest BCUT2D eigenvalue weighted by Crippen LogP contribution is -2.37. The second-order valence-electron chi connectivity index (χ2n) is 8.12. The van der Waals surface area contributed by atoms with Gasteiger partial charge in [-0.1, -0.05) is 50.1 Å². The number of aromatic nitrogens is 3. The number of nitrogens with one attached hydrogen (secondary N) is 2. The summed E-state index contributed by atoms with van der Waals surface area (Å²) in [7, 11) is 1.83. The van der Waals surface area contributed by atoms with Gasteiger partial charge in [-0.25, -0.2) is 0 Å². The van der Waals surface area contributed by atoms with Crippen LogP contribution < -0.4 is 15.4 Å². The summed E-state index contributed by atoms with van der Waals surface area (Å²) in [5, 5.41) is 14.9. The Balaban J connectivity index is 1.43. The molecule has 0 unspecified atom stereocenters. The van der Waals surface area contributed by atoms with Gasteiger partial charge in [0.25, 0.3) is 5.91 Å². The number of thioether (sulfide) groups is 1. The van der Waals surface area contributed by atoms with E-state index in [9.17, 15) is 9.59 Å². The van der Waals surface area contributed by atoms with Crippen molar-refractivity contribution in [2.75, 3.05) is 5.75 Å². The van der Waals surface area contributed by atoms with E-state index in [0.717, 1.165) is 19.3 Å². The third-order valence-electron chi connectivity index (χ3n) is 5.66. The third-order valence-corrected chi connectivity index (χ3v) is 6.68. The fraction of sp³-hybridized carbons (Fsp3) is 0.565. The molecule has 2 N–H and O–H groups in total. The van der Waals surface area contributed by atoms with Crippen molar-refractivity contribution in [3.8, 4) is 5.75 Å². The second-order valence-corrected chi connectivity index (χ2v) is 9.07. The van der Waals surface area contributed by atoms with Gasteiger partial charge >= 0.3 is 0 Å². The van der Waals surface area contributed by atoms with E-state index in [-0.39, 0.29) is 18.4 Å². The molecule has 9 heteroatoms. The molecule has 0 aliphatic heterocycles. The molecular formula is C23H33N5O3S. The highest BCUT2D eigenvalue weighted by Crippen LogP contribution is 2.19. The monoisotopic (exact) mass is 459 g/mol. The van der Waals surface area contributed by atoms with Crippen molar-refractivity contribution in [3.63, 3.8) is 0 Å². The first kappa shape index (κ1) is 24.1. The molecule has 1 atom stereocenters. The van der Waals surface area contributed by atoms with Gasteiger partial charge in [0.15, 0.2) is 17.1 Å². The molecule has 2 aromatic rings. The maximum Gasteiger partial charge on any atom is 0.261 e. The predicted molar refractivity (Wildman–Crippen MR) is 124 cm³/mol. The molecule has 1 aliphatic carbocycles. The van der Waals surface area contributed by atoms with Crippen LogP contribution in [0, 0.1) is 0 Å². The highest BCUT2D eigenvalue weighted by atomic mass is 32.2. The van der Waals surface area contributed by atoms with Gasteiger partial charge in [0.05, 0.1) is 12.3 Å². The van der Waals surface area contributed by atoms with Gasteiger partial charge < -0.3 is 19.9 Å². The van der Waals surface area contributed by atoms with Crippen molar-refractivity contribution >= 4 is 23.6 Å². The lowest BCUT2D eigenvalue weighted by molar-refractivity contribution is -0.127. The number of rotatable bonds is 10. The molecule has 0 bridgehead atoms. The number of nitrogens with zero attached hydrogens (tertiary/aromatic N) is 3. The molecule has 1 aromatic heterocycles. The normalized spacial score (nSPS) is 15.2. The number of amides is 2. The first-order valence-electron chi connectivity index (χ1n) is 11.3. The lowest BCUT2D eigenvalue weighted by Gasteiger charge is -2.22. The molecule has 0 radical (unpaired) electrons. The average molecular weight is 460 g/mol. The molecular weight excluding hydrogens is 426 g/mol. The zero-order chi connectivity index (χ0) is 22.9. The van der Waals surface area contributed by atoms with Gasteiger partial charge in [-0.05, 0) is 43.9 Å². The molecule has 1 aromatic carbocycles. The molecule has 0 saturated heterocycles. The number of carbonyl (C=O) groups is 2. The number of hydrogen-bond donors (Lipinski definition) is 2. The van der Waals surface area contributed by atoms with E-state index in [0.29, 0.717) is 28.5 Å². The first-order chi connectivity index (χ1) is 15.5. The Morgan fingerprint density at radius 3 is 2.59 bits per heavy atom. The fourth-order valence-corrected chi connectivity index (χ4v) is 4.38. The third kappa shape index (κ3) is 6.98. The molecule has 1 fully saturated rings. The molecule has 32 heavy (non-hydrogen) atoms. The van der Waals surface area contributed by atoms with Crippen LogP contribution in [0.2, 0.25) is 0 Å². The average Bonchev–Trinajstić information content (AvgIpc) is 3.16. The maximum absolute atomic E-state index is 12.4. The summed E-state index contributed by atoms with van der Waals surface area (Å²) in [6.45, 7) is 4.04. The largest absolute Gasteiger partial charge is 0.481 e. The van der Waals surface area contributed by atoms with Crippen molar-refractivity contribution in [2.45, 2.75) is 76.2 Å². The summed E-state index contributed by atoms with van der Waals surface area (Å²) in [5.41, 5.74) is 1.22. The number of hydrogen-bond acceptors (Lipinski definition) is 6. The summed E-state index contributed by atoms with van der Waals surface area (Å²) >= 11 is 1.35. The fourth-order valence-electron chi connectivity index (χ4n) is 3.64. The Labute approximate surface area is 193 Å². The Hall–Kier alpha value is -2.55. The minimum atomic E-state index is -0.631. The van der Waals surface area contributed by atoms with Crippen LogP contribution in [-0.4, -0.2) is 44.5 Å². The number of ether oxygens (including phenoxy) is 1. The summed E-state index contributed by atoms with van der Waals surface area (Å²) in [5.74, 6) is 1.38. The van der Waals surface area contributed by atoms with Crippen molar-refractivity contribution < 1.29 is 14.3 Å². The Morgan fingerprint density at radius 1 is 1.19 bits per heavy atom. The molecule has 8 nitrogen and oxygen atoms in total. The Kier molecular flexibility index (Phi) is 8.96. The van der Waals surface area contributed by atoms with Crippen LogP contribution in [-0.2, 0) is 29.6 Å². The quantitative estimate of drug-likeness (QED) is 0.530. The second kappa shape index (κ2) is 11.9. The Bertz CT molecular complexity index is 894. The molecule has 1 aliphatic rings. The molecule has 3 rings (SSSR count). The predicted octanol–water partition coefficient (Wildman–Crippen LogP) is 3.00. The van der Waals surface area contributed by atoms with Crippen molar-refractivity contribution in [2.24, 2.45) is 7.05 Å². The van der Waals surface area contributed by atoms with Crippen LogP contribution in [0.3, 0.4) is 0 Å². The minimum Gasteiger partial charge on any atom is -0.481 e. The number of carbonyl (C=O) groups excluding carboxylic acids is 2.